The molecule has 21 heavy (non-hydrogen) atoms. The van der Waals surface area contributed by atoms with Gasteiger partial charge in [-0.15, -0.1) is 0 Å². The molecule has 0 saturated carbocycles. The van der Waals surface area contributed by atoms with Gasteiger partial charge in [-0.05, 0) is 43.5 Å². The van der Waals surface area contributed by atoms with E-state index >= 15 is 0 Å². The Labute approximate surface area is 125 Å². The first-order chi connectivity index (χ1) is 10.1. The highest BCUT2D eigenvalue weighted by atomic mass is 16.5. The second-order valence-corrected chi connectivity index (χ2v) is 5.62. The Kier molecular flexibility index (Phi) is 5.59. The average molecular weight is 293 g/mol. The fraction of sp³-hybridized carbons (Fsp3) is 0.562. The maximum atomic E-state index is 11.2. The summed E-state index contributed by atoms with van der Waals surface area (Å²) < 4.78 is 10.6. The summed E-state index contributed by atoms with van der Waals surface area (Å²) in [7, 11) is 3.54. The summed E-state index contributed by atoms with van der Waals surface area (Å²) >= 11 is 0. The molecule has 1 aliphatic rings. The summed E-state index contributed by atoms with van der Waals surface area (Å²) in [6, 6.07) is 5.32. The van der Waals surface area contributed by atoms with Gasteiger partial charge in [0.2, 0.25) is 0 Å². The number of nitrogens with zero attached hydrogens (tertiary/aromatic N) is 1. The van der Waals surface area contributed by atoms with Gasteiger partial charge in [0.15, 0.2) is 0 Å². The number of carbonyl (C=O) groups is 1. The molecule has 1 aromatic carbocycles. The zero-order chi connectivity index (χ0) is 15.2. The number of methoxy groups -OCH3 is 1. The number of hydrogen-bond acceptors (Lipinski definition) is 4. The molecule has 116 valence electrons. The van der Waals surface area contributed by atoms with Gasteiger partial charge in [-0.3, -0.25) is 0 Å². The van der Waals surface area contributed by atoms with E-state index in [0.29, 0.717) is 11.7 Å². The fourth-order valence-corrected chi connectivity index (χ4v) is 2.79. The van der Waals surface area contributed by atoms with E-state index in [2.05, 4.69) is 11.9 Å². The van der Waals surface area contributed by atoms with Crippen molar-refractivity contribution in [3.63, 3.8) is 0 Å². The number of benzene rings is 1. The summed E-state index contributed by atoms with van der Waals surface area (Å²) in [5.41, 5.74) is 1.19. The van der Waals surface area contributed by atoms with E-state index in [1.807, 2.05) is 6.07 Å². The highest BCUT2D eigenvalue weighted by Gasteiger charge is 2.17. The first kappa shape index (κ1) is 15.8. The van der Waals surface area contributed by atoms with Gasteiger partial charge in [0.05, 0.1) is 13.7 Å². The number of ether oxygens (including phenoxy) is 2. The summed E-state index contributed by atoms with van der Waals surface area (Å²) in [5.74, 6) is 0.00700. The van der Waals surface area contributed by atoms with E-state index in [1.165, 1.54) is 13.5 Å². The highest BCUT2D eigenvalue weighted by Crippen LogP contribution is 2.21. The van der Waals surface area contributed by atoms with Gasteiger partial charge in [-0.2, -0.15) is 0 Å². The molecule has 1 saturated heterocycles. The summed E-state index contributed by atoms with van der Waals surface area (Å²) in [6.07, 6.45) is 2.33. The molecule has 5 nitrogen and oxygen atoms in total. The molecule has 1 atom stereocenters. The van der Waals surface area contributed by atoms with Crippen molar-refractivity contribution in [1.29, 1.82) is 0 Å². The van der Waals surface area contributed by atoms with Gasteiger partial charge < -0.3 is 19.5 Å². The summed E-state index contributed by atoms with van der Waals surface area (Å²) in [4.78, 5) is 13.4. The quantitative estimate of drug-likeness (QED) is 0.871. The molecule has 0 radical (unpaired) electrons. The molecule has 1 heterocycles. The van der Waals surface area contributed by atoms with Gasteiger partial charge in [-0.1, -0.05) is 6.07 Å². The Morgan fingerprint density at radius 3 is 2.95 bits per heavy atom. The fourth-order valence-electron chi connectivity index (χ4n) is 2.79. The lowest BCUT2D eigenvalue weighted by atomic mass is 10.0. The minimum absolute atomic E-state index is 0.212. The second-order valence-electron chi connectivity index (χ2n) is 5.62. The van der Waals surface area contributed by atoms with Crippen LogP contribution in [0.4, 0.5) is 0 Å². The third-order valence-electron chi connectivity index (χ3n) is 3.77. The topological polar surface area (TPSA) is 59.0 Å². The molecule has 1 aliphatic heterocycles. The third-order valence-corrected chi connectivity index (χ3v) is 3.77. The number of rotatable bonds is 6. The van der Waals surface area contributed by atoms with E-state index in [9.17, 15) is 9.90 Å². The molecule has 1 N–H and O–H groups in total. The molecule has 5 heteroatoms. The van der Waals surface area contributed by atoms with Crippen LogP contribution in [0.1, 0.15) is 28.8 Å². The SMILES string of the molecule is COc1ccc(CN(C)CC2CCCOC2)cc1C(=O)O. The van der Waals surface area contributed by atoms with Gasteiger partial charge in [-0.25, -0.2) is 4.79 Å². The standard InChI is InChI=1S/C16H23NO4/c1-17(10-13-4-3-7-21-11-13)9-12-5-6-15(20-2)14(8-12)16(18)19/h5-6,8,13H,3-4,7,9-11H2,1-2H3,(H,18,19). The maximum Gasteiger partial charge on any atom is 0.339 e. The lowest BCUT2D eigenvalue weighted by Gasteiger charge is -2.27. The van der Waals surface area contributed by atoms with Crippen LogP contribution in [0.3, 0.4) is 0 Å². The molecule has 2 rings (SSSR count). The molecular formula is C16H23NO4. The van der Waals surface area contributed by atoms with Gasteiger partial charge >= 0.3 is 5.97 Å². The van der Waals surface area contributed by atoms with Crippen LogP contribution in [-0.4, -0.2) is 49.9 Å². The van der Waals surface area contributed by atoms with E-state index in [0.717, 1.165) is 38.3 Å². The lowest BCUT2D eigenvalue weighted by molar-refractivity contribution is 0.0411. The van der Waals surface area contributed by atoms with E-state index in [-0.39, 0.29) is 5.56 Å². The molecule has 1 unspecified atom stereocenters. The highest BCUT2D eigenvalue weighted by molar-refractivity contribution is 5.91. The van der Waals surface area contributed by atoms with Crippen LogP contribution in [0, 0.1) is 5.92 Å². The molecule has 0 amide bonds. The van der Waals surface area contributed by atoms with Crippen LogP contribution in [0.2, 0.25) is 0 Å². The van der Waals surface area contributed by atoms with Crippen LogP contribution in [0.25, 0.3) is 0 Å². The molecule has 0 spiro atoms. The Balaban J connectivity index is 1.98. The maximum absolute atomic E-state index is 11.2. The minimum atomic E-state index is -0.961. The van der Waals surface area contributed by atoms with Crippen molar-refractivity contribution < 1.29 is 19.4 Å². The van der Waals surface area contributed by atoms with Crippen LogP contribution in [-0.2, 0) is 11.3 Å². The van der Waals surface area contributed by atoms with Crippen LogP contribution in [0.5, 0.6) is 5.75 Å². The van der Waals surface area contributed by atoms with Gasteiger partial charge in [0.1, 0.15) is 11.3 Å². The Morgan fingerprint density at radius 2 is 2.33 bits per heavy atom. The average Bonchev–Trinajstić information content (AvgIpc) is 2.48. The van der Waals surface area contributed by atoms with Gasteiger partial charge in [0.25, 0.3) is 0 Å². The summed E-state index contributed by atoms with van der Waals surface area (Å²) in [5, 5.41) is 9.21. The lowest BCUT2D eigenvalue weighted by Crippen LogP contribution is -2.30. The number of hydrogen-bond donors (Lipinski definition) is 1. The van der Waals surface area contributed by atoms with Crippen molar-refractivity contribution >= 4 is 5.97 Å². The van der Waals surface area contributed by atoms with Crippen molar-refractivity contribution in [2.45, 2.75) is 19.4 Å². The Bertz CT molecular complexity index is 483. The summed E-state index contributed by atoms with van der Waals surface area (Å²) in [6.45, 7) is 3.39. The first-order valence-electron chi connectivity index (χ1n) is 7.26. The van der Waals surface area contributed by atoms with E-state index in [1.54, 1.807) is 12.1 Å². The van der Waals surface area contributed by atoms with E-state index in [4.69, 9.17) is 9.47 Å². The van der Waals surface area contributed by atoms with Crippen molar-refractivity contribution in [3.05, 3.63) is 29.3 Å². The van der Waals surface area contributed by atoms with Crippen molar-refractivity contribution in [1.82, 2.24) is 4.90 Å². The molecule has 0 aliphatic carbocycles. The number of carboxylic acid groups (broad SMARTS) is 1. The molecule has 1 fully saturated rings. The number of aromatic carboxylic acids is 1. The Morgan fingerprint density at radius 1 is 1.52 bits per heavy atom. The van der Waals surface area contributed by atoms with E-state index < -0.39 is 5.97 Å². The second kappa shape index (κ2) is 7.43. The van der Waals surface area contributed by atoms with Crippen molar-refractivity contribution in [2.24, 2.45) is 5.92 Å². The minimum Gasteiger partial charge on any atom is -0.496 e. The molecule has 1 aromatic rings. The zero-order valence-corrected chi connectivity index (χ0v) is 12.7. The molecular weight excluding hydrogens is 270 g/mol. The predicted octanol–water partition coefficient (Wildman–Crippen LogP) is 2.25. The smallest absolute Gasteiger partial charge is 0.339 e. The van der Waals surface area contributed by atoms with Gasteiger partial charge in [0, 0.05) is 19.7 Å². The Hall–Kier alpha value is -1.59. The zero-order valence-electron chi connectivity index (χ0n) is 12.7. The number of carboxylic acids is 1. The molecule has 0 bridgehead atoms. The molecule has 0 aromatic heterocycles. The predicted molar refractivity (Wildman–Crippen MR) is 79.8 cm³/mol. The largest absolute Gasteiger partial charge is 0.496 e. The van der Waals surface area contributed by atoms with Crippen molar-refractivity contribution in [2.75, 3.05) is 33.9 Å². The third kappa shape index (κ3) is 4.44. The van der Waals surface area contributed by atoms with Crippen molar-refractivity contribution in [3.8, 4) is 5.75 Å². The van der Waals surface area contributed by atoms with Crippen LogP contribution < -0.4 is 4.74 Å². The van der Waals surface area contributed by atoms with Crippen LogP contribution >= 0.6 is 0 Å². The normalized spacial score (nSPS) is 18.7. The monoisotopic (exact) mass is 293 g/mol. The van der Waals surface area contributed by atoms with Crippen LogP contribution in [0.15, 0.2) is 18.2 Å². The first-order valence-corrected chi connectivity index (χ1v) is 7.26.